The van der Waals surface area contributed by atoms with E-state index in [-0.39, 0.29) is 53.5 Å². The summed E-state index contributed by atoms with van der Waals surface area (Å²) in [5, 5.41) is 21.1. The summed E-state index contributed by atoms with van der Waals surface area (Å²) < 4.78 is 24.3. The molecule has 0 aliphatic heterocycles. The Labute approximate surface area is 171 Å². The predicted molar refractivity (Wildman–Crippen MR) is 99.0 cm³/mol. The second kappa shape index (κ2) is 10.2. The summed E-state index contributed by atoms with van der Waals surface area (Å²) in [5.74, 6) is -2.13. The van der Waals surface area contributed by atoms with Crippen LogP contribution in [0.5, 0.6) is 0 Å². The number of esters is 1. The van der Waals surface area contributed by atoms with Crippen molar-refractivity contribution in [2.24, 2.45) is 0 Å². The summed E-state index contributed by atoms with van der Waals surface area (Å²) in [5.41, 5.74) is -0.395. The SMILES string of the molecule is Cc1onc(-c2c(F)cccc2Cl)c1C(=O)OCC(=O)N(CCC#N)CCC#N. The number of hydrogen-bond acceptors (Lipinski definition) is 7. The summed E-state index contributed by atoms with van der Waals surface area (Å²) in [6.07, 6.45) is 0.150. The minimum atomic E-state index is -0.938. The van der Waals surface area contributed by atoms with Crippen LogP contribution in [0.15, 0.2) is 22.7 Å². The average Bonchev–Trinajstić information content (AvgIpc) is 3.07. The van der Waals surface area contributed by atoms with E-state index in [0.29, 0.717) is 0 Å². The molecule has 8 nitrogen and oxygen atoms in total. The van der Waals surface area contributed by atoms with Crippen LogP contribution in [0.25, 0.3) is 11.3 Å². The average molecular weight is 419 g/mol. The first kappa shape index (κ1) is 21.9. The van der Waals surface area contributed by atoms with E-state index >= 15 is 0 Å². The molecule has 0 unspecified atom stereocenters. The molecule has 1 aromatic carbocycles. The smallest absolute Gasteiger partial charge is 0.344 e. The van der Waals surface area contributed by atoms with Crippen LogP contribution < -0.4 is 0 Å². The second-order valence-electron chi connectivity index (χ2n) is 5.83. The summed E-state index contributed by atoms with van der Waals surface area (Å²) in [7, 11) is 0. The molecular formula is C19H16ClFN4O4. The number of aryl methyl sites for hydroxylation is 1. The molecule has 1 aromatic heterocycles. The van der Waals surface area contributed by atoms with Gasteiger partial charge in [0.1, 0.15) is 22.8 Å². The van der Waals surface area contributed by atoms with E-state index in [0.717, 1.165) is 6.07 Å². The van der Waals surface area contributed by atoms with Crippen LogP contribution in [0.1, 0.15) is 29.0 Å². The van der Waals surface area contributed by atoms with Crippen molar-refractivity contribution in [3.05, 3.63) is 40.4 Å². The predicted octanol–water partition coefficient (Wildman–Crippen LogP) is 3.26. The van der Waals surface area contributed by atoms with Crippen LogP contribution in [0.4, 0.5) is 4.39 Å². The Bertz CT molecular complexity index is 955. The van der Waals surface area contributed by atoms with E-state index in [1.807, 2.05) is 12.1 Å². The van der Waals surface area contributed by atoms with Crippen LogP contribution in [-0.2, 0) is 9.53 Å². The Morgan fingerprint density at radius 3 is 2.52 bits per heavy atom. The molecule has 10 heteroatoms. The highest BCUT2D eigenvalue weighted by Gasteiger charge is 2.27. The maximum absolute atomic E-state index is 14.2. The molecule has 29 heavy (non-hydrogen) atoms. The number of rotatable bonds is 8. The number of hydrogen-bond donors (Lipinski definition) is 0. The quantitative estimate of drug-likeness (QED) is 0.603. The number of carbonyl (C=O) groups excluding carboxylic acids is 2. The lowest BCUT2D eigenvalue weighted by molar-refractivity contribution is -0.134. The van der Waals surface area contributed by atoms with Crippen molar-refractivity contribution >= 4 is 23.5 Å². The van der Waals surface area contributed by atoms with Crippen molar-refractivity contribution in [1.82, 2.24) is 10.1 Å². The van der Waals surface area contributed by atoms with Gasteiger partial charge in [0.05, 0.1) is 35.6 Å². The highest BCUT2D eigenvalue weighted by atomic mass is 35.5. The van der Waals surface area contributed by atoms with Crippen LogP contribution in [-0.4, -0.2) is 41.6 Å². The third kappa shape index (κ3) is 5.31. The molecule has 0 atom stereocenters. The molecule has 2 rings (SSSR count). The fourth-order valence-corrected chi connectivity index (χ4v) is 2.78. The highest BCUT2D eigenvalue weighted by molar-refractivity contribution is 6.33. The van der Waals surface area contributed by atoms with Gasteiger partial charge in [0.25, 0.3) is 5.91 Å². The number of amides is 1. The number of carbonyl (C=O) groups is 2. The summed E-state index contributed by atoms with van der Waals surface area (Å²) in [6, 6.07) is 7.81. The first-order valence-corrected chi connectivity index (χ1v) is 8.88. The van der Waals surface area contributed by atoms with Gasteiger partial charge in [-0.05, 0) is 19.1 Å². The number of halogens is 2. The zero-order valence-corrected chi connectivity index (χ0v) is 16.2. The number of aromatic nitrogens is 1. The molecule has 0 N–H and O–H groups in total. The van der Waals surface area contributed by atoms with Crippen molar-refractivity contribution in [3.63, 3.8) is 0 Å². The minimum absolute atomic E-state index is 0.0302. The fraction of sp³-hybridized carbons (Fsp3) is 0.316. The summed E-state index contributed by atoms with van der Waals surface area (Å²) >= 11 is 6.03. The summed E-state index contributed by atoms with van der Waals surface area (Å²) in [6.45, 7) is 1.04. The zero-order valence-electron chi connectivity index (χ0n) is 15.4. The second-order valence-corrected chi connectivity index (χ2v) is 6.24. The van der Waals surface area contributed by atoms with E-state index < -0.39 is 24.3 Å². The number of ether oxygens (including phenoxy) is 1. The Morgan fingerprint density at radius 2 is 1.93 bits per heavy atom. The molecule has 2 aromatic rings. The van der Waals surface area contributed by atoms with Gasteiger partial charge in [0.15, 0.2) is 6.61 Å². The Morgan fingerprint density at radius 1 is 1.28 bits per heavy atom. The van der Waals surface area contributed by atoms with E-state index in [2.05, 4.69) is 5.16 Å². The van der Waals surface area contributed by atoms with Crippen LogP contribution in [0, 0.1) is 35.4 Å². The van der Waals surface area contributed by atoms with E-state index in [4.69, 9.17) is 31.4 Å². The first-order valence-electron chi connectivity index (χ1n) is 8.50. The molecule has 0 aliphatic carbocycles. The van der Waals surface area contributed by atoms with Gasteiger partial charge in [0, 0.05) is 13.1 Å². The molecule has 1 heterocycles. The lowest BCUT2D eigenvalue weighted by Crippen LogP contribution is -2.36. The van der Waals surface area contributed by atoms with Gasteiger partial charge >= 0.3 is 5.97 Å². The molecule has 150 valence electrons. The van der Waals surface area contributed by atoms with Gasteiger partial charge in [-0.25, -0.2) is 9.18 Å². The van der Waals surface area contributed by atoms with Gasteiger partial charge in [-0.1, -0.05) is 22.8 Å². The Kier molecular flexibility index (Phi) is 7.70. The maximum Gasteiger partial charge on any atom is 0.344 e. The lowest BCUT2D eigenvalue weighted by Gasteiger charge is -2.20. The third-order valence-corrected chi connectivity index (χ3v) is 4.25. The van der Waals surface area contributed by atoms with Crippen molar-refractivity contribution in [2.75, 3.05) is 19.7 Å². The van der Waals surface area contributed by atoms with Gasteiger partial charge in [-0.2, -0.15) is 10.5 Å². The minimum Gasteiger partial charge on any atom is -0.452 e. The molecule has 0 bridgehead atoms. The zero-order chi connectivity index (χ0) is 21.4. The largest absolute Gasteiger partial charge is 0.452 e. The molecule has 1 amide bonds. The maximum atomic E-state index is 14.2. The third-order valence-electron chi connectivity index (χ3n) is 3.93. The Balaban J connectivity index is 2.18. The molecular weight excluding hydrogens is 403 g/mol. The molecule has 0 spiro atoms. The number of nitriles is 2. The van der Waals surface area contributed by atoms with Crippen molar-refractivity contribution in [3.8, 4) is 23.4 Å². The highest BCUT2D eigenvalue weighted by Crippen LogP contribution is 2.33. The van der Waals surface area contributed by atoms with Crippen molar-refractivity contribution in [2.45, 2.75) is 19.8 Å². The van der Waals surface area contributed by atoms with Crippen LogP contribution >= 0.6 is 11.6 Å². The van der Waals surface area contributed by atoms with Crippen molar-refractivity contribution in [1.29, 1.82) is 10.5 Å². The molecule has 0 aliphatic rings. The van der Waals surface area contributed by atoms with E-state index in [1.165, 1.54) is 24.0 Å². The van der Waals surface area contributed by atoms with Crippen LogP contribution in [0.3, 0.4) is 0 Å². The molecule has 0 saturated heterocycles. The van der Waals surface area contributed by atoms with Crippen LogP contribution in [0.2, 0.25) is 5.02 Å². The van der Waals surface area contributed by atoms with Gasteiger partial charge in [0.2, 0.25) is 0 Å². The molecule has 0 fully saturated rings. The fourth-order valence-electron chi connectivity index (χ4n) is 2.53. The number of nitrogens with zero attached hydrogens (tertiary/aromatic N) is 4. The lowest BCUT2D eigenvalue weighted by atomic mass is 10.1. The molecule has 0 saturated carbocycles. The standard InChI is InChI=1S/C19H16ClFN4O4/c1-12-16(18(24-29-12)17-13(20)5-2-6-14(17)21)19(27)28-11-15(26)25(9-3-7-22)10-4-8-23/h2,5-6H,3-4,9-11H2,1H3. The monoisotopic (exact) mass is 418 g/mol. The first-order chi connectivity index (χ1) is 13.9. The van der Waals surface area contributed by atoms with Gasteiger partial charge in [-0.15, -0.1) is 0 Å². The number of benzene rings is 1. The topological polar surface area (TPSA) is 120 Å². The van der Waals surface area contributed by atoms with E-state index in [1.54, 1.807) is 0 Å². The van der Waals surface area contributed by atoms with Gasteiger partial charge < -0.3 is 14.2 Å². The van der Waals surface area contributed by atoms with Crippen molar-refractivity contribution < 1.29 is 23.2 Å². The van der Waals surface area contributed by atoms with E-state index in [9.17, 15) is 14.0 Å². The Hall–Kier alpha value is -3.43. The summed E-state index contributed by atoms with van der Waals surface area (Å²) in [4.78, 5) is 26.1. The molecule has 0 radical (unpaired) electrons. The normalized spacial score (nSPS) is 10.1. The van der Waals surface area contributed by atoms with Gasteiger partial charge in [-0.3, -0.25) is 4.79 Å².